The first-order valence-electron chi connectivity index (χ1n) is 8.36. The lowest BCUT2D eigenvalue weighted by Gasteiger charge is -2.10. The molecule has 0 amide bonds. The van der Waals surface area contributed by atoms with Gasteiger partial charge in [-0.15, -0.1) is 11.3 Å². The predicted molar refractivity (Wildman–Crippen MR) is 103 cm³/mol. The van der Waals surface area contributed by atoms with Gasteiger partial charge < -0.3 is 14.2 Å². The van der Waals surface area contributed by atoms with Gasteiger partial charge in [0, 0.05) is 12.5 Å². The molecule has 1 heterocycles. The van der Waals surface area contributed by atoms with Crippen LogP contribution in [0.3, 0.4) is 0 Å². The van der Waals surface area contributed by atoms with Crippen molar-refractivity contribution < 1.29 is 23.8 Å². The number of esters is 1. The van der Waals surface area contributed by atoms with E-state index in [0.29, 0.717) is 23.5 Å². The van der Waals surface area contributed by atoms with E-state index in [1.54, 1.807) is 29.5 Å². The number of hydrogen-bond acceptors (Lipinski definition) is 7. The van der Waals surface area contributed by atoms with Crippen molar-refractivity contribution in [3.05, 3.63) is 53.0 Å². The van der Waals surface area contributed by atoms with Crippen LogP contribution in [0.2, 0.25) is 0 Å². The number of fused-ring (bicyclic) bond motifs is 1. The average Bonchev–Trinajstić information content (AvgIpc) is 3.12. The Labute approximate surface area is 160 Å². The third-order valence-electron chi connectivity index (χ3n) is 3.95. The number of aromatic nitrogens is 1. The minimum absolute atomic E-state index is 0.173. The van der Waals surface area contributed by atoms with E-state index in [2.05, 4.69) is 4.98 Å². The zero-order valence-electron chi connectivity index (χ0n) is 15.1. The van der Waals surface area contributed by atoms with Gasteiger partial charge in [0.15, 0.2) is 6.61 Å². The lowest BCUT2D eigenvalue weighted by atomic mass is 10.1. The molecule has 0 spiro atoms. The SMILES string of the molecule is COc1ccc(C(=O)COC(=O)CCc2nc3ccccc3s2)c(OC)c1. The number of nitrogens with zero attached hydrogens (tertiary/aromatic N) is 1. The monoisotopic (exact) mass is 385 g/mol. The lowest BCUT2D eigenvalue weighted by molar-refractivity contribution is -0.142. The normalized spacial score (nSPS) is 10.6. The van der Waals surface area contributed by atoms with E-state index < -0.39 is 5.97 Å². The van der Waals surface area contributed by atoms with Gasteiger partial charge in [0.25, 0.3) is 0 Å². The molecule has 1 aromatic heterocycles. The zero-order chi connectivity index (χ0) is 19.2. The van der Waals surface area contributed by atoms with E-state index in [1.165, 1.54) is 14.2 Å². The molecule has 0 saturated carbocycles. The van der Waals surface area contributed by atoms with E-state index in [1.807, 2.05) is 24.3 Å². The Morgan fingerprint density at radius 2 is 1.89 bits per heavy atom. The zero-order valence-corrected chi connectivity index (χ0v) is 15.9. The molecule has 3 aromatic rings. The summed E-state index contributed by atoms with van der Waals surface area (Å²) in [5.74, 6) is 0.194. The molecule has 0 N–H and O–H groups in total. The Morgan fingerprint density at radius 3 is 2.63 bits per heavy atom. The van der Waals surface area contributed by atoms with Crippen LogP contribution in [0.1, 0.15) is 21.8 Å². The summed E-state index contributed by atoms with van der Waals surface area (Å²) in [4.78, 5) is 28.8. The minimum atomic E-state index is -0.435. The van der Waals surface area contributed by atoms with Crippen LogP contribution in [0, 0.1) is 0 Å². The van der Waals surface area contributed by atoms with Crippen LogP contribution < -0.4 is 9.47 Å². The van der Waals surface area contributed by atoms with Gasteiger partial charge in [-0.25, -0.2) is 4.98 Å². The van der Waals surface area contributed by atoms with Gasteiger partial charge in [-0.3, -0.25) is 9.59 Å². The number of hydrogen-bond donors (Lipinski definition) is 0. The van der Waals surface area contributed by atoms with E-state index in [0.717, 1.165) is 15.2 Å². The Hall–Kier alpha value is -2.93. The molecule has 7 heteroatoms. The van der Waals surface area contributed by atoms with Crippen molar-refractivity contribution in [2.24, 2.45) is 0 Å². The fourth-order valence-electron chi connectivity index (χ4n) is 2.56. The Kier molecular flexibility index (Phi) is 6.03. The first-order chi connectivity index (χ1) is 13.1. The molecule has 6 nitrogen and oxygen atoms in total. The summed E-state index contributed by atoms with van der Waals surface area (Å²) in [5.41, 5.74) is 1.27. The van der Waals surface area contributed by atoms with Crippen molar-refractivity contribution in [3.8, 4) is 11.5 Å². The number of rotatable bonds is 8. The van der Waals surface area contributed by atoms with Crippen LogP contribution >= 0.6 is 11.3 Å². The number of Topliss-reactive ketones (excluding diaryl/α,β-unsaturated/α-hetero) is 1. The molecule has 0 fully saturated rings. The Bertz CT molecular complexity index is 933. The fourth-order valence-corrected chi connectivity index (χ4v) is 3.53. The van der Waals surface area contributed by atoms with Gasteiger partial charge in [0.05, 0.1) is 41.4 Å². The van der Waals surface area contributed by atoms with Crippen molar-refractivity contribution >= 4 is 33.3 Å². The number of ether oxygens (including phenoxy) is 3. The second-order valence-corrected chi connectivity index (χ2v) is 6.84. The standard InChI is InChI=1S/C20H19NO5S/c1-24-13-7-8-14(17(11-13)25-2)16(22)12-26-20(23)10-9-19-21-15-5-3-4-6-18(15)27-19/h3-8,11H,9-10,12H2,1-2H3. The van der Waals surface area contributed by atoms with E-state index in [4.69, 9.17) is 14.2 Å². The lowest BCUT2D eigenvalue weighted by Crippen LogP contribution is -2.15. The van der Waals surface area contributed by atoms with Crippen LogP contribution in [0.4, 0.5) is 0 Å². The molecule has 3 rings (SSSR count). The van der Waals surface area contributed by atoms with E-state index in [-0.39, 0.29) is 18.8 Å². The maximum Gasteiger partial charge on any atom is 0.306 e. The van der Waals surface area contributed by atoms with Crippen LogP contribution in [0.5, 0.6) is 11.5 Å². The number of para-hydroxylation sites is 1. The first-order valence-corrected chi connectivity index (χ1v) is 9.17. The van der Waals surface area contributed by atoms with Crippen LogP contribution in [0.25, 0.3) is 10.2 Å². The molecule has 0 aliphatic carbocycles. The number of aryl methyl sites for hydroxylation is 1. The Balaban J connectivity index is 1.53. The van der Waals surface area contributed by atoms with Crippen molar-refractivity contribution in [1.82, 2.24) is 4.98 Å². The molecule has 0 unspecified atom stereocenters. The highest BCUT2D eigenvalue weighted by molar-refractivity contribution is 7.18. The van der Waals surface area contributed by atoms with Gasteiger partial charge in [-0.05, 0) is 24.3 Å². The molecular weight excluding hydrogens is 366 g/mol. The molecule has 0 aliphatic rings. The maximum atomic E-state index is 12.3. The summed E-state index contributed by atoms with van der Waals surface area (Å²) >= 11 is 1.55. The summed E-state index contributed by atoms with van der Waals surface area (Å²) in [6.45, 7) is -0.332. The van der Waals surface area contributed by atoms with Crippen molar-refractivity contribution in [2.75, 3.05) is 20.8 Å². The molecule has 0 atom stereocenters. The maximum absolute atomic E-state index is 12.3. The van der Waals surface area contributed by atoms with Crippen molar-refractivity contribution in [3.63, 3.8) is 0 Å². The highest BCUT2D eigenvalue weighted by Crippen LogP contribution is 2.25. The smallest absolute Gasteiger partial charge is 0.306 e. The minimum Gasteiger partial charge on any atom is -0.497 e. The van der Waals surface area contributed by atoms with E-state index >= 15 is 0 Å². The topological polar surface area (TPSA) is 74.7 Å². The van der Waals surface area contributed by atoms with Gasteiger partial charge in [0.2, 0.25) is 5.78 Å². The van der Waals surface area contributed by atoms with Crippen molar-refractivity contribution in [2.45, 2.75) is 12.8 Å². The summed E-state index contributed by atoms with van der Waals surface area (Å²) in [6, 6.07) is 12.7. The van der Waals surface area contributed by atoms with E-state index in [9.17, 15) is 9.59 Å². The number of methoxy groups -OCH3 is 2. The summed E-state index contributed by atoms with van der Waals surface area (Å²) in [5, 5.41) is 0.872. The highest BCUT2D eigenvalue weighted by Gasteiger charge is 2.16. The van der Waals surface area contributed by atoms with Crippen molar-refractivity contribution in [1.29, 1.82) is 0 Å². The van der Waals surface area contributed by atoms with Gasteiger partial charge in [-0.1, -0.05) is 12.1 Å². The number of carbonyl (C=O) groups is 2. The number of thiazole rings is 1. The third-order valence-corrected chi connectivity index (χ3v) is 5.05. The fraction of sp³-hybridized carbons (Fsp3) is 0.250. The van der Waals surface area contributed by atoms with Crippen LogP contribution in [-0.4, -0.2) is 37.6 Å². The summed E-state index contributed by atoms with van der Waals surface area (Å²) in [6.07, 6.45) is 0.658. The summed E-state index contributed by atoms with van der Waals surface area (Å²) in [7, 11) is 3.00. The quantitative estimate of drug-likeness (QED) is 0.435. The first kappa shape index (κ1) is 18.8. The number of carbonyl (C=O) groups excluding carboxylic acids is 2. The second kappa shape index (κ2) is 8.64. The molecule has 0 radical (unpaired) electrons. The van der Waals surface area contributed by atoms with Gasteiger partial charge >= 0.3 is 5.97 Å². The average molecular weight is 385 g/mol. The number of benzene rings is 2. The number of ketones is 1. The molecule has 27 heavy (non-hydrogen) atoms. The molecule has 0 aliphatic heterocycles. The second-order valence-electron chi connectivity index (χ2n) is 5.73. The highest BCUT2D eigenvalue weighted by atomic mass is 32.1. The molecule has 0 saturated heterocycles. The van der Waals surface area contributed by atoms with Gasteiger partial charge in [0.1, 0.15) is 11.5 Å². The predicted octanol–water partition coefficient (Wildman–Crippen LogP) is 3.67. The molecule has 2 aromatic carbocycles. The summed E-state index contributed by atoms with van der Waals surface area (Å²) < 4.78 is 16.5. The largest absolute Gasteiger partial charge is 0.497 e. The molecule has 0 bridgehead atoms. The van der Waals surface area contributed by atoms with Crippen LogP contribution in [0.15, 0.2) is 42.5 Å². The molecule has 140 valence electrons. The molecular formula is C20H19NO5S. The Morgan fingerprint density at radius 1 is 1.07 bits per heavy atom. The van der Waals surface area contributed by atoms with Gasteiger partial charge in [-0.2, -0.15) is 0 Å². The third kappa shape index (κ3) is 4.62. The van der Waals surface area contributed by atoms with Crippen LogP contribution in [-0.2, 0) is 16.0 Å².